The molecule has 0 spiro atoms. The SMILES string of the molecule is CN1N=C(C(=O)N2CCC[C@@H](C(=O)c3ccc(Oc4ccccc4)cc3)C2)CCC1=O. The van der Waals surface area contributed by atoms with E-state index in [2.05, 4.69) is 5.10 Å². The number of Topliss-reactive ketones (excluding diaryl/α,β-unsaturated/α-hetero) is 1. The topological polar surface area (TPSA) is 79.3 Å². The summed E-state index contributed by atoms with van der Waals surface area (Å²) in [5.74, 6) is 0.911. The molecule has 0 aromatic heterocycles. The van der Waals surface area contributed by atoms with Gasteiger partial charge in [0.15, 0.2) is 5.78 Å². The van der Waals surface area contributed by atoms with Gasteiger partial charge in [0.2, 0.25) is 5.91 Å². The molecule has 7 nitrogen and oxygen atoms in total. The number of hydrazone groups is 1. The molecule has 160 valence electrons. The van der Waals surface area contributed by atoms with Crippen LogP contribution in [-0.4, -0.2) is 53.4 Å². The average Bonchev–Trinajstić information content (AvgIpc) is 2.81. The summed E-state index contributed by atoms with van der Waals surface area (Å²) in [7, 11) is 1.56. The number of benzene rings is 2. The van der Waals surface area contributed by atoms with Gasteiger partial charge in [0.1, 0.15) is 17.2 Å². The molecule has 4 rings (SSSR count). The Hall–Kier alpha value is -3.48. The number of carbonyl (C=O) groups excluding carboxylic acids is 3. The van der Waals surface area contributed by atoms with E-state index in [-0.39, 0.29) is 29.9 Å². The number of piperidine rings is 1. The first-order valence-corrected chi connectivity index (χ1v) is 10.5. The van der Waals surface area contributed by atoms with E-state index in [9.17, 15) is 14.4 Å². The van der Waals surface area contributed by atoms with Gasteiger partial charge in [0.05, 0.1) is 0 Å². The quantitative estimate of drug-likeness (QED) is 0.695. The first-order chi connectivity index (χ1) is 15.0. The van der Waals surface area contributed by atoms with Crippen molar-refractivity contribution < 1.29 is 19.1 Å². The number of ether oxygens (including phenoxy) is 1. The molecular formula is C24H25N3O4. The summed E-state index contributed by atoms with van der Waals surface area (Å²) >= 11 is 0. The lowest BCUT2D eigenvalue weighted by Crippen LogP contribution is -2.46. The highest BCUT2D eigenvalue weighted by Gasteiger charge is 2.32. The fraction of sp³-hybridized carbons (Fsp3) is 0.333. The first-order valence-electron chi connectivity index (χ1n) is 10.5. The number of carbonyl (C=O) groups is 3. The van der Waals surface area contributed by atoms with Gasteiger partial charge in [-0.3, -0.25) is 14.4 Å². The van der Waals surface area contributed by atoms with Crippen molar-refractivity contribution in [1.82, 2.24) is 9.91 Å². The van der Waals surface area contributed by atoms with Crippen LogP contribution in [0.25, 0.3) is 0 Å². The summed E-state index contributed by atoms with van der Waals surface area (Å²) in [6, 6.07) is 16.6. The maximum Gasteiger partial charge on any atom is 0.270 e. The molecule has 0 N–H and O–H groups in total. The maximum absolute atomic E-state index is 13.0. The Balaban J connectivity index is 1.40. The molecule has 0 aliphatic carbocycles. The zero-order chi connectivity index (χ0) is 21.8. The van der Waals surface area contributed by atoms with Crippen LogP contribution in [0, 0.1) is 5.92 Å². The number of para-hydroxylation sites is 1. The van der Waals surface area contributed by atoms with E-state index in [1.54, 1.807) is 36.2 Å². The van der Waals surface area contributed by atoms with Crippen LogP contribution in [-0.2, 0) is 9.59 Å². The number of hydrogen-bond donors (Lipinski definition) is 0. The molecule has 31 heavy (non-hydrogen) atoms. The number of rotatable bonds is 5. The summed E-state index contributed by atoms with van der Waals surface area (Å²) in [5.41, 5.74) is 0.998. The van der Waals surface area contributed by atoms with E-state index in [4.69, 9.17) is 4.74 Å². The van der Waals surface area contributed by atoms with Gasteiger partial charge in [0.25, 0.3) is 5.91 Å². The van der Waals surface area contributed by atoms with Gasteiger partial charge >= 0.3 is 0 Å². The molecular weight excluding hydrogens is 394 g/mol. The number of amides is 2. The Morgan fingerprint density at radius 3 is 2.42 bits per heavy atom. The highest BCUT2D eigenvalue weighted by atomic mass is 16.5. The lowest BCUT2D eigenvalue weighted by Gasteiger charge is -2.33. The number of hydrogen-bond acceptors (Lipinski definition) is 5. The van der Waals surface area contributed by atoms with E-state index in [0.717, 1.165) is 18.6 Å². The average molecular weight is 419 g/mol. The Kier molecular flexibility index (Phi) is 6.11. The van der Waals surface area contributed by atoms with Crippen molar-refractivity contribution in [2.45, 2.75) is 25.7 Å². The third kappa shape index (κ3) is 4.82. The van der Waals surface area contributed by atoms with Crippen LogP contribution >= 0.6 is 0 Å². The molecule has 1 atom stereocenters. The monoisotopic (exact) mass is 419 g/mol. The summed E-state index contributed by atoms with van der Waals surface area (Å²) in [6.45, 7) is 0.972. The molecule has 2 aliphatic heterocycles. The van der Waals surface area contributed by atoms with Crippen LogP contribution in [0.15, 0.2) is 59.7 Å². The van der Waals surface area contributed by atoms with Crippen molar-refractivity contribution >= 4 is 23.3 Å². The molecule has 2 heterocycles. The molecule has 2 amide bonds. The van der Waals surface area contributed by atoms with Crippen molar-refractivity contribution in [3.8, 4) is 11.5 Å². The lowest BCUT2D eigenvalue weighted by atomic mass is 9.89. The van der Waals surface area contributed by atoms with Gasteiger partial charge in [-0.25, -0.2) is 5.01 Å². The van der Waals surface area contributed by atoms with Crippen LogP contribution in [0.5, 0.6) is 11.5 Å². The molecule has 7 heteroatoms. The molecule has 1 saturated heterocycles. The van der Waals surface area contributed by atoms with Crippen molar-refractivity contribution in [2.24, 2.45) is 11.0 Å². The Morgan fingerprint density at radius 2 is 1.71 bits per heavy atom. The Labute approximate surface area is 181 Å². The van der Waals surface area contributed by atoms with Gasteiger partial charge < -0.3 is 9.64 Å². The standard InChI is InChI=1S/C24H25N3O4/c1-26-22(28)14-13-21(25-26)24(30)27-15-5-6-18(16-27)23(29)17-9-11-20(12-10-17)31-19-7-3-2-4-8-19/h2-4,7-12,18H,5-6,13-16H2,1H3/t18-/m1/s1. The van der Waals surface area contributed by atoms with Gasteiger partial charge in [-0.05, 0) is 49.2 Å². The molecule has 2 aromatic carbocycles. The lowest BCUT2D eigenvalue weighted by molar-refractivity contribution is -0.130. The molecule has 0 unspecified atom stereocenters. The fourth-order valence-electron chi connectivity index (χ4n) is 3.93. The van der Waals surface area contributed by atoms with Gasteiger partial charge in [0, 0.05) is 44.5 Å². The number of likely N-dealkylation sites (tertiary alicyclic amines) is 1. The predicted molar refractivity (Wildman–Crippen MR) is 116 cm³/mol. The predicted octanol–water partition coefficient (Wildman–Crippen LogP) is 3.51. The minimum Gasteiger partial charge on any atom is -0.457 e. The van der Waals surface area contributed by atoms with Crippen LogP contribution < -0.4 is 4.74 Å². The highest BCUT2D eigenvalue weighted by molar-refractivity contribution is 6.39. The van der Waals surface area contributed by atoms with Crippen LogP contribution in [0.1, 0.15) is 36.0 Å². The largest absolute Gasteiger partial charge is 0.457 e. The normalized spacial score (nSPS) is 19.1. The molecule has 0 bridgehead atoms. The van der Waals surface area contributed by atoms with Crippen molar-refractivity contribution in [2.75, 3.05) is 20.1 Å². The van der Waals surface area contributed by atoms with E-state index < -0.39 is 0 Å². The second-order valence-corrected chi connectivity index (χ2v) is 7.86. The van der Waals surface area contributed by atoms with Crippen molar-refractivity contribution in [3.05, 3.63) is 60.2 Å². The molecule has 2 aliphatic rings. The second-order valence-electron chi connectivity index (χ2n) is 7.86. The minimum absolute atomic E-state index is 0.0293. The Morgan fingerprint density at radius 1 is 1.00 bits per heavy atom. The molecule has 2 aromatic rings. The third-order valence-corrected chi connectivity index (χ3v) is 5.65. The highest BCUT2D eigenvalue weighted by Crippen LogP contribution is 2.25. The second kappa shape index (κ2) is 9.12. The van der Waals surface area contributed by atoms with E-state index >= 15 is 0 Å². The number of nitrogens with zero attached hydrogens (tertiary/aromatic N) is 3. The van der Waals surface area contributed by atoms with Crippen LogP contribution in [0.3, 0.4) is 0 Å². The summed E-state index contributed by atoms with van der Waals surface area (Å²) in [6.07, 6.45) is 2.14. The zero-order valence-corrected chi connectivity index (χ0v) is 17.5. The smallest absolute Gasteiger partial charge is 0.270 e. The number of ketones is 1. The maximum atomic E-state index is 13.0. The van der Waals surface area contributed by atoms with Crippen LogP contribution in [0.4, 0.5) is 0 Å². The summed E-state index contributed by atoms with van der Waals surface area (Å²) in [5, 5.41) is 5.35. The van der Waals surface area contributed by atoms with Gasteiger partial charge in [-0.1, -0.05) is 18.2 Å². The first kappa shape index (κ1) is 20.8. The summed E-state index contributed by atoms with van der Waals surface area (Å²) in [4.78, 5) is 39.2. The van der Waals surface area contributed by atoms with E-state index in [1.807, 2.05) is 30.3 Å². The van der Waals surface area contributed by atoms with E-state index in [1.165, 1.54) is 5.01 Å². The molecule has 0 saturated carbocycles. The fourth-order valence-corrected chi connectivity index (χ4v) is 3.93. The van der Waals surface area contributed by atoms with Crippen molar-refractivity contribution in [3.63, 3.8) is 0 Å². The zero-order valence-electron chi connectivity index (χ0n) is 17.5. The molecule has 1 fully saturated rings. The third-order valence-electron chi connectivity index (χ3n) is 5.65. The van der Waals surface area contributed by atoms with E-state index in [0.29, 0.717) is 36.5 Å². The Bertz CT molecular complexity index is 1000. The van der Waals surface area contributed by atoms with Crippen LogP contribution in [0.2, 0.25) is 0 Å². The van der Waals surface area contributed by atoms with Gasteiger partial charge in [-0.15, -0.1) is 0 Å². The van der Waals surface area contributed by atoms with Crippen molar-refractivity contribution in [1.29, 1.82) is 0 Å². The summed E-state index contributed by atoms with van der Waals surface area (Å²) < 4.78 is 5.79. The molecule has 0 radical (unpaired) electrons. The minimum atomic E-state index is -0.248. The van der Waals surface area contributed by atoms with Gasteiger partial charge in [-0.2, -0.15) is 5.10 Å².